The van der Waals surface area contributed by atoms with Gasteiger partial charge in [-0.2, -0.15) is 0 Å². The molecule has 4 heteroatoms. The second kappa shape index (κ2) is 5.16. The van der Waals surface area contributed by atoms with Crippen LogP contribution in [0, 0.1) is 6.92 Å². The Balaban J connectivity index is 3.26. The lowest BCUT2D eigenvalue weighted by Crippen LogP contribution is -2.04. The first-order valence-corrected chi connectivity index (χ1v) is 5.58. The van der Waals surface area contributed by atoms with Gasteiger partial charge in [0.05, 0.1) is 19.8 Å². The summed E-state index contributed by atoms with van der Waals surface area (Å²) in [4.78, 5) is 11.4. The molecule has 0 radical (unpaired) electrons. The molecule has 0 aliphatic carbocycles. The lowest BCUT2D eigenvalue weighted by atomic mass is 10.1. The Morgan fingerprint density at radius 1 is 1.40 bits per heavy atom. The Bertz CT molecular complexity index is 349. The molecule has 0 N–H and O–H groups in total. The minimum absolute atomic E-state index is 0.351. The van der Waals surface area contributed by atoms with Crippen LogP contribution in [-0.4, -0.2) is 20.2 Å². The maximum Gasteiger partial charge on any atom is 0.337 e. The van der Waals surface area contributed by atoms with E-state index in [1.165, 1.54) is 7.11 Å². The van der Waals surface area contributed by atoms with Crippen LogP contribution in [0.5, 0.6) is 5.75 Å². The number of methoxy groups -OCH3 is 2. The number of alkyl halides is 1. The van der Waals surface area contributed by atoms with E-state index < -0.39 is 0 Å². The van der Waals surface area contributed by atoms with Crippen molar-refractivity contribution >= 4 is 21.9 Å². The van der Waals surface area contributed by atoms with E-state index in [1.807, 2.05) is 6.92 Å². The number of hydrogen-bond donors (Lipinski definition) is 0. The van der Waals surface area contributed by atoms with Gasteiger partial charge in [0, 0.05) is 5.33 Å². The second-order valence-electron chi connectivity index (χ2n) is 3.09. The normalized spacial score (nSPS) is 9.87. The molecule has 15 heavy (non-hydrogen) atoms. The third-order valence-corrected chi connectivity index (χ3v) is 2.86. The van der Waals surface area contributed by atoms with Crippen molar-refractivity contribution in [1.29, 1.82) is 0 Å². The molecule has 3 nitrogen and oxygen atoms in total. The van der Waals surface area contributed by atoms with Crippen molar-refractivity contribution in [2.75, 3.05) is 14.2 Å². The molecule has 0 atom stereocenters. The van der Waals surface area contributed by atoms with Gasteiger partial charge in [0.25, 0.3) is 0 Å². The maximum atomic E-state index is 11.4. The Morgan fingerprint density at radius 3 is 2.53 bits per heavy atom. The summed E-state index contributed by atoms with van der Waals surface area (Å²) in [5.74, 6) is 0.350. The Labute approximate surface area is 97.5 Å². The highest BCUT2D eigenvalue weighted by Crippen LogP contribution is 2.25. The summed E-state index contributed by atoms with van der Waals surface area (Å²) in [6, 6.07) is 3.49. The van der Waals surface area contributed by atoms with Crippen LogP contribution in [0.1, 0.15) is 21.5 Å². The van der Waals surface area contributed by atoms with E-state index >= 15 is 0 Å². The SMILES string of the molecule is COC(=O)c1cc(CBr)c(C)c(OC)c1. The van der Waals surface area contributed by atoms with Crippen LogP contribution >= 0.6 is 15.9 Å². The molecule has 0 aromatic heterocycles. The summed E-state index contributed by atoms with van der Waals surface area (Å²) in [5, 5.41) is 0.681. The van der Waals surface area contributed by atoms with Crippen LogP contribution in [0.3, 0.4) is 0 Å². The first-order valence-electron chi connectivity index (χ1n) is 4.45. The van der Waals surface area contributed by atoms with E-state index in [0.29, 0.717) is 16.6 Å². The standard InChI is InChI=1S/C11H13BrO3/c1-7-9(6-12)4-8(11(13)15-3)5-10(7)14-2/h4-5H,6H2,1-3H3. The zero-order valence-electron chi connectivity index (χ0n) is 8.96. The third-order valence-electron chi connectivity index (χ3n) is 2.25. The molecule has 0 heterocycles. The van der Waals surface area contributed by atoms with Crippen molar-refractivity contribution in [3.63, 3.8) is 0 Å². The van der Waals surface area contributed by atoms with Crippen LogP contribution in [0.15, 0.2) is 12.1 Å². The highest BCUT2D eigenvalue weighted by atomic mass is 79.9. The fraction of sp³-hybridized carbons (Fsp3) is 0.364. The molecule has 0 spiro atoms. The summed E-state index contributed by atoms with van der Waals surface area (Å²) < 4.78 is 9.86. The summed E-state index contributed by atoms with van der Waals surface area (Å²) >= 11 is 3.37. The highest BCUT2D eigenvalue weighted by Gasteiger charge is 2.12. The van der Waals surface area contributed by atoms with Crippen molar-refractivity contribution < 1.29 is 14.3 Å². The molecular formula is C11H13BrO3. The number of halogens is 1. The van der Waals surface area contributed by atoms with E-state index in [4.69, 9.17) is 4.74 Å². The van der Waals surface area contributed by atoms with Gasteiger partial charge in [-0.05, 0) is 30.2 Å². The van der Waals surface area contributed by atoms with Gasteiger partial charge in [0.2, 0.25) is 0 Å². The molecule has 0 saturated carbocycles. The van der Waals surface area contributed by atoms with Crippen molar-refractivity contribution in [2.45, 2.75) is 12.3 Å². The molecule has 1 aromatic carbocycles. The number of hydrogen-bond acceptors (Lipinski definition) is 3. The minimum Gasteiger partial charge on any atom is -0.496 e. The van der Waals surface area contributed by atoms with Gasteiger partial charge in [0.15, 0.2) is 0 Å². The van der Waals surface area contributed by atoms with Crippen molar-refractivity contribution in [2.24, 2.45) is 0 Å². The quantitative estimate of drug-likeness (QED) is 0.627. The number of rotatable bonds is 3. The van der Waals surface area contributed by atoms with Gasteiger partial charge in [-0.25, -0.2) is 4.79 Å². The number of carbonyl (C=O) groups excluding carboxylic acids is 1. The lowest BCUT2D eigenvalue weighted by molar-refractivity contribution is 0.0600. The van der Waals surface area contributed by atoms with Gasteiger partial charge in [-0.3, -0.25) is 0 Å². The smallest absolute Gasteiger partial charge is 0.337 e. The second-order valence-corrected chi connectivity index (χ2v) is 3.65. The fourth-order valence-corrected chi connectivity index (χ4v) is 1.91. The lowest BCUT2D eigenvalue weighted by Gasteiger charge is -2.10. The average molecular weight is 273 g/mol. The Kier molecular flexibility index (Phi) is 4.15. The highest BCUT2D eigenvalue weighted by molar-refractivity contribution is 9.08. The molecule has 1 rings (SSSR count). The summed E-state index contributed by atoms with van der Waals surface area (Å²) in [5.41, 5.74) is 2.56. The molecular weight excluding hydrogens is 260 g/mol. The van der Waals surface area contributed by atoms with E-state index in [0.717, 1.165) is 11.1 Å². The maximum absolute atomic E-state index is 11.4. The fourth-order valence-electron chi connectivity index (χ4n) is 1.33. The first-order chi connectivity index (χ1) is 7.13. The first kappa shape index (κ1) is 12.0. The predicted octanol–water partition coefficient (Wildman–Crippen LogP) is 2.69. The van der Waals surface area contributed by atoms with E-state index in [9.17, 15) is 4.79 Å². The summed E-state index contributed by atoms with van der Waals surface area (Å²) in [6.07, 6.45) is 0. The zero-order chi connectivity index (χ0) is 11.4. The van der Waals surface area contributed by atoms with E-state index in [-0.39, 0.29) is 5.97 Å². The van der Waals surface area contributed by atoms with Gasteiger partial charge in [0.1, 0.15) is 5.75 Å². The van der Waals surface area contributed by atoms with Gasteiger partial charge >= 0.3 is 5.97 Å². The molecule has 0 unspecified atom stereocenters. The average Bonchev–Trinajstić information content (AvgIpc) is 2.28. The molecule has 0 bridgehead atoms. The Morgan fingerprint density at radius 2 is 2.07 bits per heavy atom. The monoisotopic (exact) mass is 272 g/mol. The van der Waals surface area contributed by atoms with Gasteiger partial charge < -0.3 is 9.47 Å². The van der Waals surface area contributed by atoms with E-state index in [2.05, 4.69) is 20.7 Å². The number of benzene rings is 1. The topological polar surface area (TPSA) is 35.5 Å². The molecule has 82 valence electrons. The number of carbonyl (C=O) groups is 1. The van der Waals surface area contributed by atoms with Crippen LogP contribution in [0.25, 0.3) is 0 Å². The molecule has 0 fully saturated rings. The van der Waals surface area contributed by atoms with Crippen LogP contribution in [0.4, 0.5) is 0 Å². The van der Waals surface area contributed by atoms with Crippen molar-refractivity contribution in [3.8, 4) is 5.75 Å². The van der Waals surface area contributed by atoms with Crippen molar-refractivity contribution in [1.82, 2.24) is 0 Å². The van der Waals surface area contributed by atoms with Crippen LogP contribution < -0.4 is 4.74 Å². The minimum atomic E-state index is -0.351. The molecule has 0 aliphatic heterocycles. The summed E-state index contributed by atoms with van der Waals surface area (Å²) in [7, 11) is 2.95. The number of ether oxygens (including phenoxy) is 2. The molecule has 0 saturated heterocycles. The Hall–Kier alpha value is -1.03. The largest absolute Gasteiger partial charge is 0.496 e. The summed E-state index contributed by atoms with van der Waals surface area (Å²) in [6.45, 7) is 1.95. The predicted molar refractivity (Wildman–Crippen MR) is 61.7 cm³/mol. The molecule has 1 aromatic rings. The third kappa shape index (κ3) is 2.50. The van der Waals surface area contributed by atoms with Crippen LogP contribution in [-0.2, 0) is 10.1 Å². The number of esters is 1. The molecule has 0 aliphatic rings. The van der Waals surface area contributed by atoms with E-state index in [1.54, 1.807) is 19.2 Å². The van der Waals surface area contributed by atoms with Crippen molar-refractivity contribution in [3.05, 3.63) is 28.8 Å². The van der Waals surface area contributed by atoms with Crippen LogP contribution in [0.2, 0.25) is 0 Å². The van der Waals surface area contributed by atoms with Gasteiger partial charge in [-0.1, -0.05) is 15.9 Å². The zero-order valence-corrected chi connectivity index (χ0v) is 10.6. The van der Waals surface area contributed by atoms with Gasteiger partial charge in [-0.15, -0.1) is 0 Å². The molecule has 0 amide bonds.